The Morgan fingerprint density at radius 2 is 2.33 bits per heavy atom. The molecule has 0 fully saturated rings. The van der Waals surface area contributed by atoms with Gasteiger partial charge in [-0.15, -0.1) is 11.3 Å². The Morgan fingerprint density at radius 3 is 2.75 bits per heavy atom. The number of nitrogens with one attached hydrogen (secondary N) is 1. The predicted molar refractivity (Wildman–Crippen MR) is 52.7 cm³/mol. The molecule has 1 N–H and O–H groups in total. The monoisotopic (exact) mass is 183 g/mol. The number of anilines is 1. The summed E-state index contributed by atoms with van der Waals surface area (Å²) >= 11 is 1.74. The molecule has 66 valence electrons. The first kappa shape index (κ1) is 9.26. The molecule has 1 amide bonds. The van der Waals surface area contributed by atoms with Crippen molar-refractivity contribution in [2.24, 2.45) is 0 Å². The third kappa shape index (κ3) is 2.08. The van der Waals surface area contributed by atoms with E-state index < -0.39 is 0 Å². The SMILES string of the molecule is CCc1cc(NC(C)=O)c(C)s1. The number of aryl methyl sites for hydroxylation is 2. The molecule has 1 rings (SSSR count). The second-order valence-corrected chi connectivity index (χ2v) is 4.06. The molecule has 0 saturated carbocycles. The Balaban J connectivity index is 2.84. The van der Waals surface area contributed by atoms with E-state index in [1.54, 1.807) is 11.3 Å². The largest absolute Gasteiger partial charge is 0.325 e. The molecule has 1 heterocycles. The highest BCUT2D eigenvalue weighted by atomic mass is 32.1. The van der Waals surface area contributed by atoms with Gasteiger partial charge in [-0.05, 0) is 19.4 Å². The first-order chi connectivity index (χ1) is 5.63. The van der Waals surface area contributed by atoms with Crippen LogP contribution in [0.3, 0.4) is 0 Å². The van der Waals surface area contributed by atoms with E-state index in [0.717, 1.165) is 12.1 Å². The summed E-state index contributed by atoms with van der Waals surface area (Å²) in [4.78, 5) is 13.3. The fourth-order valence-corrected chi connectivity index (χ4v) is 1.97. The Bertz CT molecular complexity index is 291. The normalized spacial score (nSPS) is 9.92. The van der Waals surface area contributed by atoms with Gasteiger partial charge in [0.05, 0.1) is 5.69 Å². The van der Waals surface area contributed by atoms with Crippen LogP contribution < -0.4 is 5.32 Å². The van der Waals surface area contributed by atoms with Gasteiger partial charge in [-0.1, -0.05) is 6.92 Å². The van der Waals surface area contributed by atoms with Crippen LogP contribution in [0.25, 0.3) is 0 Å². The molecule has 3 heteroatoms. The molecule has 0 bridgehead atoms. The predicted octanol–water partition coefficient (Wildman–Crippen LogP) is 2.58. The zero-order valence-corrected chi connectivity index (χ0v) is 8.42. The zero-order valence-electron chi connectivity index (χ0n) is 7.60. The third-order valence-electron chi connectivity index (χ3n) is 1.63. The number of thiophene rings is 1. The van der Waals surface area contributed by atoms with Crippen LogP contribution in [0, 0.1) is 6.92 Å². The lowest BCUT2D eigenvalue weighted by Crippen LogP contribution is -2.05. The molecule has 0 radical (unpaired) electrons. The van der Waals surface area contributed by atoms with E-state index in [2.05, 4.69) is 12.2 Å². The van der Waals surface area contributed by atoms with Gasteiger partial charge in [-0.25, -0.2) is 0 Å². The highest BCUT2D eigenvalue weighted by Gasteiger charge is 2.04. The number of hydrogen-bond donors (Lipinski definition) is 1. The summed E-state index contributed by atoms with van der Waals surface area (Å²) < 4.78 is 0. The number of hydrogen-bond acceptors (Lipinski definition) is 2. The van der Waals surface area contributed by atoms with E-state index in [-0.39, 0.29) is 5.91 Å². The number of amides is 1. The minimum absolute atomic E-state index is 0.00134. The van der Waals surface area contributed by atoms with Crippen molar-refractivity contribution in [3.8, 4) is 0 Å². The van der Waals surface area contributed by atoms with Crippen LogP contribution >= 0.6 is 11.3 Å². The molecule has 2 nitrogen and oxygen atoms in total. The minimum Gasteiger partial charge on any atom is -0.325 e. The van der Waals surface area contributed by atoms with Gasteiger partial charge in [0.1, 0.15) is 0 Å². The molecule has 0 unspecified atom stereocenters. The van der Waals surface area contributed by atoms with Gasteiger partial charge in [0, 0.05) is 16.7 Å². The van der Waals surface area contributed by atoms with Crippen LogP contribution in [-0.2, 0) is 11.2 Å². The molecule has 1 aromatic heterocycles. The maximum absolute atomic E-state index is 10.8. The van der Waals surface area contributed by atoms with Gasteiger partial charge in [0.2, 0.25) is 5.91 Å². The average molecular weight is 183 g/mol. The summed E-state index contributed by atoms with van der Waals surface area (Å²) in [5, 5.41) is 2.80. The van der Waals surface area contributed by atoms with Gasteiger partial charge in [-0.3, -0.25) is 4.79 Å². The summed E-state index contributed by atoms with van der Waals surface area (Å²) in [6, 6.07) is 2.04. The summed E-state index contributed by atoms with van der Waals surface area (Å²) in [6.45, 7) is 5.67. The van der Waals surface area contributed by atoms with Crippen LogP contribution in [-0.4, -0.2) is 5.91 Å². The smallest absolute Gasteiger partial charge is 0.221 e. The number of carbonyl (C=O) groups is 1. The van der Waals surface area contributed by atoms with E-state index >= 15 is 0 Å². The standard InChI is InChI=1S/C9H13NOS/c1-4-8-5-9(6(2)12-8)10-7(3)11/h5H,4H2,1-3H3,(H,10,11). The van der Waals surface area contributed by atoms with Crippen molar-refractivity contribution >= 4 is 22.9 Å². The summed E-state index contributed by atoms with van der Waals surface area (Å²) in [7, 11) is 0. The Morgan fingerprint density at radius 1 is 1.67 bits per heavy atom. The molecule has 0 spiro atoms. The molecule has 1 aromatic rings. The zero-order chi connectivity index (χ0) is 9.14. The Hall–Kier alpha value is -0.830. The van der Waals surface area contributed by atoms with Gasteiger partial charge in [-0.2, -0.15) is 0 Å². The second-order valence-electron chi connectivity index (χ2n) is 2.72. The topological polar surface area (TPSA) is 29.1 Å². The molecule has 0 aromatic carbocycles. The van der Waals surface area contributed by atoms with Crippen molar-refractivity contribution in [2.45, 2.75) is 27.2 Å². The van der Waals surface area contributed by atoms with Crippen LogP contribution in [0.4, 0.5) is 5.69 Å². The highest BCUT2D eigenvalue weighted by molar-refractivity contribution is 7.12. The minimum atomic E-state index is -0.00134. The second kappa shape index (κ2) is 3.72. The summed E-state index contributed by atoms with van der Waals surface area (Å²) in [6.07, 6.45) is 1.03. The van der Waals surface area contributed by atoms with Crippen molar-refractivity contribution in [3.05, 3.63) is 15.8 Å². The third-order valence-corrected chi connectivity index (χ3v) is 2.82. The van der Waals surface area contributed by atoms with E-state index in [9.17, 15) is 4.79 Å². The molecular weight excluding hydrogens is 170 g/mol. The van der Waals surface area contributed by atoms with Gasteiger partial charge < -0.3 is 5.32 Å². The lowest BCUT2D eigenvalue weighted by Gasteiger charge is -1.97. The van der Waals surface area contributed by atoms with Crippen LogP contribution in [0.1, 0.15) is 23.6 Å². The fraction of sp³-hybridized carbons (Fsp3) is 0.444. The Kier molecular flexibility index (Phi) is 2.87. The maximum Gasteiger partial charge on any atom is 0.221 e. The van der Waals surface area contributed by atoms with Gasteiger partial charge >= 0.3 is 0 Å². The lowest BCUT2D eigenvalue weighted by molar-refractivity contribution is -0.114. The lowest BCUT2D eigenvalue weighted by atomic mass is 10.3. The van der Waals surface area contributed by atoms with Crippen molar-refractivity contribution in [1.29, 1.82) is 0 Å². The van der Waals surface area contributed by atoms with Crippen LogP contribution in [0.15, 0.2) is 6.07 Å². The van der Waals surface area contributed by atoms with Crippen molar-refractivity contribution in [2.75, 3.05) is 5.32 Å². The number of rotatable bonds is 2. The number of carbonyl (C=O) groups excluding carboxylic acids is 1. The first-order valence-electron chi connectivity index (χ1n) is 4.00. The molecule has 0 aliphatic rings. The van der Waals surface area contributed by atoms with Gasteiger partial charge in [0.25, 0.3) is 0 Å². The first-order valence-corrected chi connectivity index (χ1v) is 4.82. The van der Waals surface area contributed by atoms with Crippen molar-refractivity contribution in [3.63, 3.8) is 0 Å². The van der Waals surface area contributed by atoms with Crippen molar-refractivity contribution in [1.82, 2.24) is 0 Å². The fourth-order valence-electron chi connectivity index (χ4n) is 1.03. The highest BCUT2D eigenvalue weighted by Crippen LogP contribution is 2.26. The molecular formula is C9H13NOS. The molecule has 0 aliphatic carbocycles. The average Bonchev–Trinajstić information content (AvgIpc) is 2.31. The van der Waals surface area contributed by atoms with E-state index in [0.29, 0.717) is 0 Å². The van der Waals surface area contributed by atoms with Crippen LogP contribution in [0.2, 0.25) is 0 Å². The Labute approximate surface area is 76.6 Å². The molecule has 0 saturated heterocycles. The van der Waals surface area contributed by atoms with E-state index in [1.165, 1.54) is 16.7 Å². The molecule has 0 aliphatic heterocycles. The van der Waals surface area contributed by atoms with Gasteiger partial charge in [0.15, 0.2) is 0 Å². The molecule has 12 heavy (non-hydrogen) atoms. The van der Waals surface area contributed by atoms with E-state index in [1.807, 2.05) is 13.0 Å². The quantitative estimate of drug-likeness (QED) is 0.750. The van der Waals surface area contributed by atoms with Crippen LogP contribution in [0.5, 0.6) is 0 Å². The summed E-state index contributed by atoms with van der Waals surface area (Å²) in [5.74, 6) is -0.00134. The molecule has 0 atom stereocenters. The summed E-state index contributed by atoms with van der Waals surface area (Å²) in [5.41, 5.74) is 0.962. The maximum atomic E-state index is 10.8. The van der Waals surface area contributed by atoms with Crippen molar-refractivity contribution < 1.29 is 4.79 Å². The van der Waals surface area contributed by atoms with E-state index in [4.69, 9.17) is 0 Å².